The van der Waals surface area contributed by atoms with Crippen LogP contribution in [0.5, 0.6) is 5.75 Å². The summed E-state index contributed by atoms with van der Waals surface area (Å²) in [6, 6.07) is 19.0. The number of aliphatic hydroxyl groups excluding tert-OH is 2. The van der Waals surface area contributed by atoms with Crippen molar-refractivity contribution in [3.63, 3.8) is 0 Å². The van der Waals surface area contributed by atoms with E-state index in [4.69, 9.17) is 9.84 Å². The van der Waals surface area contributed by atoms with Crippen LogP contribution in [0.2, 0.25) is 0 Å². The number of carboxylic acid groups (broad SMARTS) is 1. The summed E-state index contributed by atoms with van der Waals surface area (Å²) >= 11 is 0. The predicted octanol–water partition coefficient (Wildman–Crippen LogP) is 3.47. The highest BCUT2D eigenvalue weighted by atomic mass is 16.5. The summed E-state index contributed by atoms with van der Waals surface area (Å²) in [5.41, 5.74) is 2.60. The van der Waals surface area contributed by atoms with Crippen molar-refractivity contribution in [3.05, 3.63) is 83.2 Å². The van der Waals surface area contributed by atoms with Crippen LogP contribution in [0.15, 0.2) is 60.7 Å². The highest BCUT2D eigenvalue weighted by molar-refractivity contribution is 5.88. The fourth-order valence-electron chi connectivity index (χ4n) is 3.53. The Kier molecular flexibility index (Phi) is 8.20. The van der Waals surface area contributed by atoms with Gasteiger partial charge in [-0.15, -0.1) is 0 Å². The Bertz CT molecular complexity index is 1220. The summed E-state index contributed by atoms with van der Waals surface area (Å²) in [6.07, 6.45) is -1.79. The molecule has 0 aliphatic heterocycles. The molecule has 0 aliphatic carbocycles. The Hall–Kier alpha value is -3.77. The molecule has 0 saturated heterocycles. The number of ether oxygens (including phenoxy) is 1. The van der Waals surface area contributed by atoms with Crippen LogP contribution in [0.25, 0.3) is 11.1 Å². The molecule has 182 valence electrons. The lowest BCUT2D eigenvalue weighted by molar-refractivity contribution is 0.0528. The van der Waals surface area contributed by atoms with E-state index in [2.05, 4.69) is 16.4 Å². The first-order chi connectivity index (χ1) is 16.6. The number of aryl methyl sites for hydroxylation is 1. The molecule has 2 unspecified atom stereocenters. The number of carboxylic acids is 1. The van der Waals surface area contributed by atoms with E-state index in [9.17, 15) is 20.3 Å². The highest BCUT2D eigenvalue weighted by Gasteiger charge is 2.30. The van der Waals surface area contributed by atoms with Crippen LogP contribution in [0.4, 0.5) is 0 Å². The lowest BCUT2D eigenvalue weighted by atomic mass is 9.94. The number of aromatic carboxylic acids is 1. The standard InChI is InChI=1S/C27H29N3O5/c1-17-5-4-6-23(30-17)25(32)27(2,3)29-15-22(31)16-35-24-13-20(11-12-21(24)14-28)18-7-9-19(10-8-18)26(33)34/h4-13,22,25,29,31-32H,15-16H2,1-3H3,(H,33,34). The Labute approximate surface area is 204 Å². The topological polar surface area (TPSA) is 136 Å². The molecule has 1 aromatic heterocycles. The Morgan fingerprint density at radius 1 is 1.11 bits per heavy atom. The summed E-state index contributed by atoms with van der Waals surface area (Å²) in [5, 5.41) is 42.9. The van der Waals surface area contributed by atoms with Crippen LogP contribution < -0.4 is 10.1 Å². The van der Waals surface area contributed by atoms with Crippen LogP contribution in [0, 0.1) is 18.3 Å². The smallest absolute Gasteiger partial charge is 0.335 e. The van der Waals surface area contributed by atoms with Crippen molar-refractivity contribution in [3.8, 4) is 22.9 Å². The third-order valence-corrected chi connectivity index (χ3v) is 5.67. The molecular weight excluding hydrogens is 446 g/mol. The van der Waals surface area contributed by atoms with Gasteiger partial charge in [0.25, 0.3) is 0 Å². The van der Waals surface area contributed by atoms with Gasteiger partial charge in [0, 0.05) is 17.8 Å². The van der Waals surface area contributed by atoms with E-state index < -0.39 is 23.7 Å². The second-order valence-corrected chi connectivity index (χ2v) is 8.88. The Morgan fingerprint density at radius 2 is 1.80 bits per heavy atom. The van der Waals surface area contributed by atoms with Gasteiger partial charge >= 0.3 is 5.97 Å². The van der Waals surface area contributed by atoms with Crippen molar-refractivity contribution >= 4 is 5.97 Å². The zero-order chi connectivity index (χ0) is 25.6. The van der Waals surface area contributed by atoms with E-state index >= 15 is 0 Å². The first kappa shape index (κ1) is 25.8. The van der Waals surface area contributed by atoms with Gasteiger partial charge in [0.2, 0.25) is 0 Å². The number of carbonyl (C=O) groups is 1. The number of nitriles is 1. The number of pyridine rings is 1. The van der Waals surface area contributed by atoms with Gasteiger partial charge in [-0.05, 0) is 68.3 Å². The number of nitrogens with zero attached hydrogens (tertiary/aromatic N) is 2. The van der Waals surface area contributed by atoms with Crippen LogP contribution in [-0.4, -0.2) is 51.1 Å². The quantitative estimate of drug-likeness (QED) is 0.350. The van der Waals surface area contributed by atoms with E-state index in [0.717, 1.165) is 16.8 Å². The summed E-state index contributed by atoms with van der Waals surface area (Å²) in [5.74, 6) is -0.691. The van der Waals surface area contributed by atoms with Crippen molar-refractivity contribution in [1.82, 2.24) is 10.3 Å². The number of hydrogen-bond donors (Lipinski definition) is 4. The van der Waals surface area contributed by atoms with E-state index in [1.807, 2.05) is 32.9 Å². The van der Waals surface area contributed by atoms with Gasteiger partial charge in [0.1, 0.15) is 30.6 Å². The number of rotatable bonds is 10. The van der Waals surface area contributed by atoms with Gasteiger partial charge in [-0.25, -0.2) is 4.79 Å². The number of β-amino-alcohol motifs (C(OH)–C–C–N with tert-alkyl or cyclic N) is 1. The molecule has 0 bridgehead atoms. The lowest BCUT2D eigenvalue weighted by Crippen LogP contribution is -2.49. The molecular formula is C27H29N3O5. The van der Waals surface area contributed by atoms with Gasteiger partial charge in [-0.3, -0.25) is 4.98 Å². The maximum absolute atomic E-state index is 11.1. The molecule has 2 aromatic carbocycles. The van der Waals surface area contributed by atoms with E-state index in [1.54, 1.807) is 36.4 Å². The SMILES string of the molecule is Cc1cccc(C(O)C(C)(C)NCC(O)COc2cc(-c3ccc(C(=O)O)cc3)ccc2C#N)n1. The average molecular weight is 476 g/mol. The third kappa shape index (κ3) is 6.64. The summed E-state index contributed by atoms with van der Waals surface area (Å²) < 4.78 is 5.76. The predicted molar refractivity (Wildman–Crippen MR) is 131 cm³/mol. The van der Waals surface area contributed by atoms with Crippen molar-refractivity contribution < 1.29 is 24.9 Å². The molecule has 3 aromatic rings. The van der Waals surface area contributed by atoms with E-state index in [0.29, 0.717) is 17.0 Å². The van der Waals surface area contributed by atoms with Crippen LogP contribution in [0.3, 0.4) is 0 Å². The minimum Gasteiger partial charge on any atom is -0.489 e. The Morgan fingerprint density at radius 3 is 2.43 bits per heavy atom. The van der Waals surface area contributed by atoms with E-state index in [-0.39, 0.29) is 18.7 Å². The molecule has 8 nitrogen and oxygen atoms in total. The average Bonchev–Trinajstić information content (AvgIpc) is 2.85. The van der Waals surface area contributed by atoms with Gasteiger partial charge in [-0.1, -0.05) is 24.3 Å². The maximum atomic E-state index is 11.1. The minimum absolute atomic E-state index is 0.0715. The van der Waals surface area contributed by atoms with Crippen molar-refractivity contribution in [2.45, 2.75) is 38.5 Å². The van der Waals surface area contributed by atoms with Crippen molar-refractivity contribution in [2.75, 3.05) is 13.2 Å². The normalized spacial score (nSPS) is 13.0. The summed E-state index contributed by atoms with van der Waals surface area (Å²) in [7, 11) is 0. The first-order valence-corrected chi connectivity index (χ1v) is 11.2. The van der Waals surface area contributed by atoms with Crippen molar-refractivity contribution in [2.24, 2.45) is 0 Å². The second-order valence-electron chi connectivity index (χ2n) is 8.88. The number of nitrogens with one attached hydrogen (secondary N) is 1. The molecule has 0 fully saturated rings. The molecule has 2 atom stereocenters. The third-order valence-electron chi connectivity index (χ3n) is 5.67. The molecule has 0 aliphatic rings. The highest BCUT2D eigenvalue weighted by Crippen LogP contribution is 2.28. The van der Waals surface area contributed by atoms with Gasteiger partial charge < -0.3 is 25.4 Å². The lowest BCUT2D eigenvalue weighted by Gasteiger charge is -2.32. The van der Waals surface area contributed by atoms with Crippen LogP contribution >= 0.6 is 0 Å². The molecule has 0 saturated carbocycles. The largest absolute Gasteiger partial charge is 0.489 e. The molecule has 3 rings (SSSR count). The van der Waals surface area contributed by atoms with Crippen molar-refractivity contribution in [1.29, 1.82) is 5.26 Å². The second kappa shape index (κ2) is 11.1. The molecule has 8 heteroatoms. The maximum Gasteiger partial charge on any atom is 0.335 e. The zero-order valence-corrected chi connectivity index (χ0v) is 19.9. The number of hydrogen-bond acceptors (Lipinski definition) is 7. The summed E-state index contributed by atoms with van der Waals surface area (Å²) in [4.78, 5) is 15.4. The van der Waals surface area contributed by atoms with Gasteiger partial charge in [0.15, 0.2) is 0 Å². The monoisotopic (exact) mass is 475 g/mol. The molecule has 35 heavy (non-hydrogen) atoms. The van der Waals surface area contributed by atoms with Gasteiger partial charge in [-0.2, -0.15) is 5.26 Å². The van der Waals surface area contributed by atoms with E-state index in [1.165, 1.54) is 12.1 Å². The zero-order valence-electron chi connectivity index (χ0n) is 19.9. The number of aliphatic hydroxyl groups is 2. The number of benzene rings is 2. The van der Waals surface area contributed by atoms with Crippen LogP contribution in [-0.2, 0) is 0 Å². The van der Waals surface area contributed by atoms with Gasteiger partial charge in [0.05, 0.1) is 16.8 Å². The number of aromatic nitrogens is 1. The fourth-order valence-corrected chi connectivity index (χ4v) is 3.53. The first-order valence-electron chi connectivity index (χ1n) is 11.2. The molecule has 4 N–H and O–H groups in total. The molecule has 0 spiro atoms. The Balaban J connectivity index is 1.63. The molecule has 0 amide bonds. The minimum atomic E-state index is -1.01. The molecule has 1 heterocycles. The molecule has 0 radical (unpaired) electrons. The summed E-state index contributed by atoms with van der Waals surface area (Å²) in [6.45, 7) is 5.57. The fraction of sp³-hybridized carbons (Fsp3) is 0.296. The van der Waals surface area contributed by atoms with Crippen LogP contribution in [0.1, 0.15) is 47.3 Å².